The van der Waals surface area contributed by atoms with E-state index in [9.17, 15) is 9.59 Å². The Morgan fingerprint density at radius 1 is 1.00 bits per heavy atom. The second-order valence-corrected chi connectivity index (χ2v) is 6.46. The number of carbonyl (C=O) groups is 1. The Kier molecular flexibility index (Phi) is 3.46. The molecular weight excluding hydrogens is 346 g/mol. The Balaban J connectivity index is 1.63. The van der Waals surface area contributed by atoms with Gasteiger partial charge in [0.2, 0.25) is 12.7 Å². The van der Waals surface area contributed by atoms with E-state index in [2.05, 4.69) is 15.3 Å². The Morgan fingerprint density at radius 2 is 1.81 bits per heavy atom. The number of nitrogens with one attached hydrogen (secondary N) is 2. The van der Waals surface area contributed by atoms with Gasteiger partial charge >= 0.3 is 0 Å². The molecule has 27 heavy (non-hydrogen) atoms. The van der Waals surface area contributed by atoms with E-state index in [0.717, 1.165) is 11.1 Å². The fourth-order valence-electron chi connectivity index (χ4n) is 3.52. The molecule has 0 saturated heterocycles. The summed E-state index contributed by atoms with van der Waals surface area (Å²) in [5.74, 6) is 1.42. The molecular formula is C20H15N3O4. The van der Waals surface area contributed by atoms with Gasteiger partial charge in [-0.2, -0.15) is 0 Å². The summed E-state index contributed by atoms with van der Waals surface area (Å²) in [4.78, 5) is 32.5. The molecule has 2 aromatic carbocycles. The molecule has 5 rings (SSSR count). The molecule has 134 valence electrons. The SMILES string of the molecule is O=C1C[C@@H](c2ccc3c(c2)OCO3)c2c(nc(-c3ccccc3)[nH]c2=O)N1. The predicted octanol–water partition coefficient (Wildman–Crippen LogP) is 2.64. The Hall–Kier alpha value is -3.61. The highest BCUT2D eigenvalue weighted by Gasteiger charge is 2.32. The average Bonchev–Trinajstić information content (AvgIpc) is 3.15. The quantitative estimate of drug-likeness (QED) is 0.732. The molecule has 3 aromatic rings. The van der Waals surface area contributed by atoms with Crippen LogP contribution in [0.1, 0.15) is 23.5 Å². The summed E-state index contributed by atoms with van der Waals surface area (Å²) >= 11 is 0. The van der Waals surface area contributed by atoms with Gasteiger partial charge in [-0.1, -0.05) is 36.4 Å². The normalized spacial score (nSPS) is 17.3. The summed E-state index contributed by atoms with van der Waals surface area (Å²) in [7, 11) is 0. The van der Waals surface area contributed by atoms with E-state index in [1.54, 1.807) is 6.07 Å². The summed E-state index contributed by atoms with van der Waals surface area (Å²) in [6.07, 6.45) is 0.169. The Bertz CT molecular complexity index is 1110. The molecule has 1 atom stereocenters. The molecule has 2 N–H and O–H groups in total. The summed E-state index contributed by atoms with van der Waals surface area (Å²) in [5, 5.41) is 2.74. The maximum atomic E-state index is 12.9. The first-order valence-corrected chi connectivity index (χ1v) is 8.58. The van der Waals surface area contributed by atoms with Crippen LogP contribution in [0.3, 0.4) is 0 Å². The van der Waals surface area contributed by atoms with Crippen LogP contribution >= 0.6 is 0 Å². The lowest BCUT2D eigenvalue weighted by molar-refractivity contribution is -0.116. The van der Waals surface area contributed by atoms with Crippen molar-refractivity contribution in [1.82, 2.24) is 9.97 Å². The zero-order valence-electron chi connectivity index (χ0n) is 14.2. The van der Waals surface area contributed by atoms with Crippen LogP contribution in [-0.2, 0) is 4.79 Å². The van der Waals surface area contributed by atoms with Gasteiger partial charge in [-0.15, -0.1) is 0 Å². The van der Waals surface area contributed by atoms with Crippen molar-refractivity contribution in [1.29, 1.82) is 0 Å². The number of carbonyl (C=O) groups excluding carboxylic acids is 1. The first kappa shape index (κ1) is 15.6. The lowest BCUT2D eigenvalue weighted by Gasteiger charge is -2.24. The monoisotopic (exact) mass is 361 g/mol. The number of benzene rings is 2. The number of rotatable bonds is 2. The van der Waals surface area contributed by atoms with Crippen molar-refractivity contribution in [3.05, 3.63) is 70.0 Å². The van der Waals surface area contributed by atoms with Crippen LogP contribution in [0.2, 0.25) is 0 Å². The number of aromatic nitrogens is 2. The maximum absolute atomic E-state index is 12.9. The third-order valence-electron chi connectivity index (χ3n) is 4.80. The summed E-state index contributed by atoms with van der Waals surface area (Å²) < 4.78 is 10.8. The van der Waals surface area contributed by atoms with E-state index in [1.807, 2.05) is 42.5 Å². The van der Waals surface area contributed by atoms with Crippen molar-refractivity contribution in [2.45, 2.75) is 12.3 Å². The van der Waals surface area contributed by atoms with E-state index < -0.39 is 5.92 Å². The maximum Gasteiger partial charge on any atom is 0.257 e. The van der Waals surface area contributed by atoms with Crippen molar-refractivity contribution in [3.63, 3.8) is 0 Å². The van der Waals surface area contributed by atoms with Crippen LogP contribution in [0, 0.1) is 0 Å². The van der Waals surface area contributed by atoms with Gasteiger partial charge in [0.1, 0.15) is 11.6 Å². The number of fused-ring (bicyclic) bond motifs is 2. The van der Waals surface area contributed by atoms with Gasteiger partial charge < -0.3 is 19.8 Å². The number of aromatic amines is 1. The van der Waals surface area contributed by atoms with E-state index in [0.29, 0.717) is 28.7 Å². The average molecular weight is 361 g/mol. The number of hydrogen-bond donors (Lipinski definition) is 2. The highest BCUT2D eigenvalue weighted by atomic mass is 16.7. The minimum absolute atomic E-state index is 0.169. The van der Waals surface area contributed by atoms with Gasteiger partial charge in [0.25, 0.3) is 5.56 Å². The zero-order chi connectivity index (χ0) is 18.4. The summed E-state index contributed by atoms with van der Waals surface area (Å²) in [6.45, 7) is 0.170. The molecule has 7 heteroatoms. The van der Waals surface area contributed by atoms with E-state index in [4.69, 9.17) is 9.47 Å². The van der Waals surface area contributed by atoms with Crippen LogP contribution < -0.4 is 20.3 Å². The van der Waals surface area contributed by atoms with Gasteiger partial charge in [0, 0.05) is 17.9 Å². The number of hydrogen-bond acceptors (Lipinski definition) is 5. The van der Waals surface area contributed by atoms with E-state index in [-0.39, 0.29) is 24.7 Å². The fourth-order valence-corrected chi connectivity index (χ4v) is 3.52. The lowest BCUT2D eigenvalue weighted by atomic mass is 9.86. The third-order valence-corrected chi connectivity index (χ3v) is 4.80. The molecule has 0 unspecified atom stereocenters. The highest BCUT2D eigenvalue weighted by molar-refractivity contribution is 5.94. The Labute approximate surface area is 154 Å². The standard InChI is InChI=1S/C20H15N3O4/c24-16-9-13(12-6-7-14-15(8-12)27-10-26-14)17-19(21-16)22-18(23-20(17)25)11-4-2-1-3-5-11/h1-8,13H,9-10H2,(H2,21,22,23,24,25)/t13-/m0/s1. The van der Waals surface area contributed by atoms with Crippen LogP contribution in [0.5, 0.6) is 11.5 Å². The number of anilines is 1. The molecule has 0 aliphatic carbocycles. The summed E-state index contributed by atoms with van der Waals surface area (Å²) in [5.41, 5.74) is 1.78. The molecule has 2 aliphatic heterocycles. The second kappa shape index (κ2) is 5.98. The second-order valence-electron chi connectivity index (χ2n) is 6.46. The Morgan fingerprint density at radius 3 is 2.67 bits per heavy atom. The largest absolute Gasteiger partial charge is 0.454 e. The number of ether oxygens (including phenoxy) is 2. The molecule has 1 aromatic heterocycles. The van der Waals surface area contributed by atoms with E-state index in [1.165, 1.54) is 0 Å². The van der Waals surface area contributed by atoms with Gasteiger partial charge in [-0.05, 0) is 17.7 Å². The molecule has 0 spiro atoms. The van der Waals surface area contributed by atoms with E-state index >= 15 is 0 Å². The lowest BCUT2D eigenvalue weighted by Crippen LogP contribution is -2.31. The van der Waals surface area contributed by atoms with Crippen molar-refractivity contribution in [2.24, 2.45) is 0 Å². The smallest absolute Gasteiger partial charge is 0.257 e. The van der Waals surface area contributed by atoms with Gasteiger partial charge in [0.05, 0.1) is 5.56 Å². The molecule has 0 bridgehead atoms. The van der Waals surface area contributed by atoms with Crippen molar-refractivity contribution in [3.8, 4) is 22.9 Å². The molecule has 0 fully saturated rings. The molecule has 1 amide bonds. The first-order chi connectivity index (χ1) is 13.2. The molecule has 2 aliphatic rings. The van der Waals surface area contributed by atoms with Gasteiger partial charge in [-0.25, -0.2) is 4.98 Å². The van der Waals surface area contributed by atoms with Crippen LogP contribution in [0.4, 0.5) is 5.82 Å². The molecule has 3 heterocycles. The number of H-pyrrole nitrogens is 1. The van der Waals surface area contributed by atoms with Crippen LogP contribution in [-0.4, -0.2) is 22.7 Å². The number of nitrogens with zero attached hydrogens (tertiary/aromatic N) is 1. The van der Waals surface area contributed by atoms with Crippen LogP contribution in [0.25, 0.3) is 11.4 Å². The fraction of sp³-hybridized carbons (Fsp3) is 0.150. The number of amides is 1. The highest BCUT2D eigenvalue weighted by Crippen LogP contribution is 2.39. The van der Waals surface area contributed by atoms with Crippen molar-refractivity contribution in [2.75, 3.05) is 12.1 Å². The predicted molar refractivity (Wildman–Crippen MR) is 97.9 cm³/mol. The van der Waals surface area contributed by atoms with Gasteiger partial charge in [-0.3, -0.25) is 9.59 Å². The third kappa shape index (κ3) is 2.64. The topological polar surface area (TPSA) is 93.3 Å². The van der Waals surface area contributed by atoms with Crippen LogP contribution in [0.15, 0.2) is 53.3 Å². The minimum atomic E-state index is -0.399. The summed E-state index contributed by atoms with van der Waals surface area (Å²) in [6, 6.07) is 14.8. The minimum Gasteiger partial charge on any atom is -0.454 e. The molecule has 7 nitrogen and oxygen atoms in total. The van der Waals surface area contributed by atoms with Crippen molar-refractivity contribution < 1.29 is 14.3 Å². The van der Waals surface area contributed by atoms with Gasteiger partial charge in [0.15, 0.2) is 11.5 Å². The first-order valence-electron chi connectivity index (χ1n) is 8.58. The van der Waals surface area contributed by atoms with Crippen molar-refractivity contribution >= 4 is 11.7 Å². The molecule has 0 radical (unpaired) electrons. The zero-order valence-corrected chi connectivity index (χ0v) is 14.2. The molecule has 0 saturated carbocycles.